The third-order valence-corrected chi connectivity index (χ3v) is 9.88. The quantitative estimate of drug-likeness (QED) is 0.408. The first kappa shape index (κ1) is 22.5. The summed E-state index contributed by atoms with van der Waals surface area (Å²) < 4.78 is 11.2. The van der Waals surface area contributed by atoms with Crippen LogP contribution in [0.1, 0.15) is 70.8 Å². The molecule has 1 aromatic rings. The van der Waals surface area contributed by atoms with Gasteiger partial charge < -0.3 is 24.2 Å². The van der Waals surface area contributed by atoms with Crippen LogP contribution in [0.25, 0.3) is 0 Å². The van der Waals surface area contributed by atoms with Crippen LogP contribution in [0.3, 0.4) is 0 Å². The molecule has 4 aliphatic carbocycles. The summed E-state index contributed by atoms with van der Waals surface area (Å²) in [7, 11) is 0. The van der Waals surface area contributed by atoms with Crippen LogP contribution in [0, 0.1) is 22.7 Å². The first-order valence-corrected chi connectivity index (χ1v) is 12.0. The molecule has 0 spiro atoms. The van der Waals surface area contributed by atoms with Crippen LogP contribution in [0.2, 0.25) is 0 Å². The number of ether oxygens (including phenoxy) is 1. The molecule has 4 aliphatic rings. The predicted octanol–water partition coefficient (Wildman–Crippen LogP) is 3.02. The molecule has 33 heavy (non-hydrogen) atoms. The molecule has 7 atom stereocenters. The molecular weight excluding hydrogens is 424 g/mol. The lowest BCUT2D eigenvalue weighted by Gasteiger charge is -2.64. The molecule has 2 N–H and O–H groups in total. The molecule has 0 aromatic carbocycles. The highest BCUT2D eigenvalue weighted by Gasteiger charge is 2.75. The van der Waals surface area contributed by atoms with Gasteiger partial charge in [-0.15, -0.1) is 0 Å². The van der Waals surface area contributed by atoms with Gasteiger partial charge in [-0.3, -0.25) is 4.79 Å². The molecular formula is C26H32O7. The highest BCUT2D eigenvalue weighted by molar-refractivity contribution is 5.67. The van der Waals surface area contributed by atoms with Gasteiger partial charge in [0.1, 0.15) is 18.2 Å². The summed E-state index contributed by atoms with van der Waals surface area (Å²) in [5.74, 6) is -0.853. The minimum absolute atomic E-state index is 0.168. The average molecular weight is 457 g/mol. The molecule has 3 fully saturated rings. The summed E-state index contributed by atoms with van der Waals surface area (Å²) in [5, 5.41) is 23.9. The molecule has 0 aliphatic heterocycles. The van der Waals surface area contributed by atoms with E-state index in [-0.39, 0.29) is 11.8 Å². The van der Waals surface area contributed by atoms with Gasteiger partial charge in [0.15, 0.2) is 0 Å². The van der Waals surface area contributed by atoms with Crippen LogP contribution in [-0.4, -0.2) is 33.7 Å². The van der Waals surface area contributed by atoms with Gasteiger partial charge in [-0.05, 0) is 69.3 Å². The van der Waals surface area contributed by atoms with E-state index in [2.05, 4.69) is 0 Å². The number of hydrogen-bond acceptors (Lipinski definition) is 7. The number of hydrogen-bond donors (Lipinski definition) is 2. The second kappa shape index (κ2) is 7.12. The zero-order valence-electron chi connectivity index (χ0n) is 19.2. The Hall–Kier alpha value is -2.25. The number of allylic oxidation sites excluding steroid dienone is 1. The van der Waals surface area contributed by atoms with Crippen LogP contribution in [0.15, 0.2) is 39.8 Å². The van der Waals surface area contributed by atoms with Crippen LogP contribution in [0.5, 0.6) is 0 Å². The number of carbonyl (C=O) groups excluding carboxylic acids is 2. The third kappa shape index (κ3) is 2.66. The average Bonchev–Trinajstić information content (AvgIpc) is 3.01. The fraction of sp³-hybridized carbons (Fsp3) is 0.654. The second-order valence-corrected chi connectivity index (χ2v) is 10.8. The van der Waals surface area contributed by atoms with Crippen LogP contribution in [-0.2, 0) is 19.9 Å². The number of carbonyl (C=O) groups is 2. The van der Waals surface area contributed by atoms with E-state index in [0.717, 1.165) is 12.7 Å². The largest absolute Gasteiger partial charge is 0.454 e. The maximum Gasteiger partial charge on any atom is 0.335 e. The predicted molar refractivity (Wildman–Crippen MR) is 118 cm³/mol. The number of aldehydes is 1. The molecule has 7 heteroatoms. The maximum atomic E-state index is 12.6. The van der Waals surface area contributed by atoms with Crippen molar-refractivity contribution in [1.82, 2.24) is 0 Å². The van der Waals surface area contributed by atoms with Crippen molar-refractivity contribution < 1.29 is 29.0 Å². The van der Waals surface area contributed by atoms with Gasteiger partial charge in [0.05, 0.1) is 16.6 Å². The van der Waals surface area contributed by atoms with Crippen molar-refractivity contribution in [1.29, 1.82) is 0 Å². The normalized spacial score (nSPS) is 46.1. The molecule has 0 amide bonds. The Morgan fingerprint density at radius 2 is 1.88 bits per heavy atom. The molecule has 5 rings (SSSR count). The second-order valence-electron chi connectivity index (χ2n) is 10.8. The zero-order chi connectivity index (χ0) is 23.7. The maximum absolute atomic E-state index is 12.6. The molecule has 7 nitrogen and oxygen atoms in total. The SMILES string of the molecule is CC(=O)OC1(c2ccc(=O)oc2)CCC2(O)C3CCC4(O)C=CCCC4(C=O)C3CCC12C. The summed E-state index contributed by atoms with van der Waals surface area (Å²) in [6, 6.07) is 2.93. The lowest BCUT2D eigenvalue weighted by atomic mass is 9.42. The van der Waals surface area contributed by atoms with Gasteiger partial charge in [0.2, 0.25) is 0 Å². The topological polar surface area (TPSA) is 114 Å². The lowest BCUT2D eigenvalue weighted by molar-refractivity contribution is -0.252. The van der Waals surface area contributed by atoms with Gasteiger partial charge in [-0.25, -0.2) is 4.79 Å². The van der Waals surface area contributed by atoms with Crippen molar-refractivity contribution in [3.63, 3.8) is 0 Å². The Bertz CT molecular complexity index is 1060. The Morgan fingerprint density at radius 3 is 2.55 bits per heavy atom. The Labute approximate surface area is 192 Å². The Morgan fingerprint density at radius 1 is 1.12 bits per heavy atom. The van der Waals surface area contributed by atoms with E-state index in [1.165, 1.54) is 19.3 Å². The van der Waals surface area contributed by atoms with Gasteiger partial charge in [0, 0.05) is 24.0 Å². The summed E-state index contributed by atoms with van der Waals surface area (Å²) in [4.78, 5) is 36.5. The van der Waals surface area contributed by atoms with Gasteiger partial charge >= 0.3 is 11.6 Å². The van der Waals surface area contributed by atoms with Crippen LogP contribution >= 0.6 is 0 Å². The van der Waals surface area contributed by atoms with Crippen molar-refractivity contribution in [3.8, 4) is 0 Å². The van der Waals surface area contributed by atoms with E-state index < -0.39 is 39.2 Å². The van der Waals surface area contributed by atoms with Crippen molar-refractivity contribution in [2.75, 3.05) is 0 Å². The van der Waals surface area contributed by atoms with Gasteiger partial charge in [-0.2, -0.15) is 0 Å². The van der Waals surface area contributed by atoms with Crippen molar-refractivity contribution in [2.24, 2.45) is 22.7 Å². The van der Waals surface area contributed by atoms with Crippen molar-refractivity contribution in [2.45, 2.75) is 82.0 Å². The number of fused-ring (bicyclic) bond motifs is 5. The summed E-state index contributed by atoms with van der Waals surface area (Å²) >= 11 is 0. The molecule has 178 valence electrons. The van der Waals surface area contributed by atoms with E-state index in [4.69, 9.17) is 9.15 Å². The highest BCUT2D eigenvalue weighted by Crippen LogP contribution is 2.72. The minimum Gasteiger partial charge on any atom is -0.454 e. The molecule has 3 saturated carbocycles. The summed E-state index contributed by atoms with van der Waals surface area (Å²) in [6.07, 6.45) is 10.2. The van der Waals surface area contributed by atoms with E-state index in [1.807, 2.05) is 13.0 Å². The van der Waals surface area contributed by atoms with Crippen LogP contribution < -0.4 is 5.63 Å². The Balaban J connectivity index is 1.63. The number of aliphatic hydroxyl groups is 2. The van der Waals surface area contributed by atoms with E-state index in [1.54, 1.807) is 12.1 Å². The third-order valence-electron chi connectivity index (χ3n) is 9.88. The van der Waals surface area contributed by atoms with E-state index in [9.17, 15) is 24.6 Å². The highest BCUT2D eigenvalue weighted by atomic mass is 16.6. The van der Waals surface area contributed by atoms with E-state index in [0.29, 0.717) is 50.5 Å². The standard InChI is InChI=1S/C26H32O7/c1-17(28)33-26(18-5-6-21(29)32-15-18)14-13-25(31)20-8-12-24(30)10-4-3-9-23(24,16-27)19(20)7-11-22(25,26)2/h4-6,10,15-16,19-20,30-31H,3,7-9,11-14H2,1-2H3. The Kier molecular flexibility index (Phi) is 4.87. The number of esters is 1. The molecule has 0 bridgehead atoms. The summed E-state index contributed by atoms with van der Waals surface area (Å²) in [6.45, 7) is 3.31. The van der Waals surface area contributed by atoms with Crippen molar-refractivity contribution in [3.05, 3.63) is 46.5 Å². The minimum atomic E-state index is -1.21. The fourth-order valence-corrected chi connectivity index (χ4v) is 8.25. The molecule has 0 radical (unpaired) electrons. The molecule has 7 unspecified atom stereocenters. The van der Waals surface area contributed by atoms with E-state index >= 15 is 0 Å². The molecule has 1 heterocycles. The van der Waals surface area contributed by atoms with Gasteiger partial charge in [-0.1, -0.05) is 19.1 Å². The van der Waals surface area contributed by atoms with Gasteiger partial charge in [0.25, 0.3) is 0 Å². The smallest absolute Gasteiger partial charge is 0.335 e. The molecule has 0 saturated heterocycles. The fourth-order valence-electron chi connectivity index (χ4n) is 8.25. The first-order chi connectivity index (χ1) is 15.6. The van der Waals surface area contributed by atoms with Crippen LogP contribution in [0.4, 0.5) is 0 Å². The first-order valence-electron chi connectivity index (χ1n) is 12.0. The number of rotatable bonds is 3. The summed E-state index contributed by atoms with van der Waals surface area (Å²) in [5.41, 5.74) is -5.25. The lowest BCUT2D eigenvalue weighted by Crippen LogP contribution is -2.68. The zero-order valence-corrected chi connectivity index (χ0v) is 19.2. The van der Waals surface area contributed by atoms with Crippen molar-refractivity contribution >= 4 is 12.3 Å². The monoisotopic (exact) mass is 456 g/mol. The molecule has 1 aromatic heterocycles.